The molecular weight excluding hydrogens is 344 g/mol. The zero-order valence-electron chi connectivity index (χ0n) is 15.1. The second-order valence-electron chi connectivity index (χ2n) is 6.63. The summed E-state index contributed by atoms with van der Waals surface area (Å²) in [6.07, 6.45) is -0.0332. The SMILES string of the molecule is Cc1ccc(Nc2nc(-c3ccc(C(C)C)cc3)c(CC(=O)O)s2)cc1. The molecule has 0 radical (unpaired) electrons. The maximum atomic E-state index is 11.3. The van der Waals surface area contributed by atoms with Crippen molar-refractivity contribution in [3.05, 3.63) is 64.5 Å². The van der Waals surface area contributed by atoms with Crippen LogP contribution in [-0.2, 0) is 11.2 Å². The lowest BCUT2D eigenvalue weighted by Crippen LogP contribution is -1.99. The molecule has 0 bridgehead atoms. The molecule has 0 saturated heterocycles. The first-order valence-electron chi connectivity index (χ1n) is 8.58. The molecule has 0 amide bonds. The van der Waals surface area contributed by atoms with Crippen LogP contribution in [0.4, 0.5) is 10.8 Å². The van der Waals surface area contributed by atoms with Crippen molar-refractivity contribution in [1.29, 1.82) is 0 Å². The van der Waals surface area contributed by atoms with Crippen molar-refractivity contribution in [1.82, 2.24) is 4.98 Å². The minimum atomic E-state index is -0.851. The van der Waals surface area contributed by atoms with Gasteiger partial charge in [-0.1, -0.05) is 55.8 Å². The summed E-state index contributed by atoms with van der Waals surface area (Å²) in [5, 5.41) is 13.2. The first-order chi connectivity index (χ1) is 12.4. The van der Waals surface area contributed by atoms with Gasteiger partial charge in [0, 0.05) is 16.1 Å². The third-order valence-electron chi connectivity index (χ3n) is 4.16. The Morgan fingerprint density at radius 1 is 1.12 bits per heavy atom. The van der Waals surface area contributed by atoms with Crippen LogP contribution in [0.2, 0.25) is 0 Å². The van der Waals surface area contributed by atoms with Crippen LogP contribution in [0.15, 0.2) is 48.5 Å². The predicted octanol–water partition coefficient (Wildman–Crippen LogP) is 5.61. The highest BCUT2D eigenvalue weighted by molar-refractivity contribution is 7.16. The minimum absolute atomic E-state index is 0.0332. The van der Waals surface area contributed by atoms with E-state index < -0.39 is 5.97 Å². The number of carboxylic acid groups (broad SMARTS) is 1. The number of hydrogen-bond donors (Lipinski definition) is 2. The van der Waals surface area contributed by atoms with E-state index in [0.717, 1.165) is 21.8 Å². The van der Waals surface area contributed by atoms with Crippen molar-refractivity contribution in [2.75, 3.05) is 5.32 Å². The maximum absolute atomic E-state index is 11.3. The van der Waals surface area contributed by atoms with Crippen LogP contribution in [0, 0.1) is 6.92 Å². The van der Waals surface area contributed by atoms with Gasteiger partial charge in [-0.3, -0.25) is 4.79 Å². The summed E-state index contributed by atoms with van der Waals surface area (Å²) in [6.45, 7) is 6.34. The third-order valence-corrected chi connectivity index (χ3v) is 5.13. The van der Waals surface area contributed by atoms with Gasteiger partial charge in [-0.15, -0.1) is 11.3 Å². The van der Waals surface area contributed by atoms with Crippen molar-refractivity contribution in [3.8, 4) is 11.3 Å². The number of benzene rings is 2. The molecule has 3 rings (SSSR count). The van der Waals surface area contributed by atoms with Gasteiger partial charge in [0.25, 0.3) is 0 Å². The van der Waals surface area contributed by atoms with E-state index in [4.69, 9.17) is 0 Å². The molecule has 26 heavy (non-hydrogen) atoms. The second kappa shape index (κ2) is 7.70. The third kappa shape index (κ3) is 4.29. The number of aryl methyl sites for hydroxylation is 1. The average molecular weight is 366 g/mol. The van der Waals surface area contributed by atoms with Gasteiger partial charge in [-0.25, -0.2) is 4.98 Å². The Balaban J connectivity index is 1.93. The smallest absolute Gasteiger partial charge is 0.308 e. The highest BCUT2D eigenvalue weighted by Crippen LogP contribution is 2.33. The van der Waals surface area contributed by atoms with Crippen molar-refractivity contribution >= 4 is 28.1 Å². The van der Waals surface area contributed by atoms with Gasteiger partial charge >= 0.3 is 5.97 Å². The molecule has 4 nitrogen and oxygen atoms in total. The molecule has 1 aromatic heterocycles. The molecule has 0 unspecified atom stereocenters. The highest BCUT2D eigenvalue weighted by Gasteiger charge is 2.16. The number of nitrogens with zero attached hydrogens (tertiary/aromatic N) is 1. The molecule has 1 heterocycles. The highest BCUT2D eigenvalue weighted by atomic mass is 32.1. The molecule has 0 spiro atoms. The number of rotatable bonds is 6. The molecule has 0 atom stereocenters. The van der Waals surface area contributed by atoms with Gasteiger partial charge in [0.15, 0.2) is 5.13 Å². The molecule has 5 heteroatoms. The van der Waals surface area contributed by atoms with E-state index in [0.29, 0.717) is 11.0 Å². The monoisotopic (exact) mass is 366 g/mol. The van der Waals surface area contributed by atoms with Crippen LogP contribution in [-0.4, -0.2) is 16.1 Å². The van der Waals surface area contributed by atoms with Crippen LogP contribution in [0.25, 0.3) is 11.3 Å². The zero-order valence-corrected chi connectivity index (χ0v) is 15.9. The van der Waals surface area contributed by atoms with Gasteiger partial charge in [0.05, 0.1) is 12.1 Å². The van der Waals surface area contributed by atoms with E-state index in [1.165, 1.54) is 22.5 Å². The summed E-state index contributed by atoms with van der Waals surface area (Å²) >= 11 is 1.39. The van der Waals surface area contributed by atoms with Crippen LogP contribution in [0.3, 0.4) is 0 Å². The van der Waals surface area contributed by atoms with Crippen LogP contribution in [0.1, 0.15) is 35.8 Å². The van der Waals surface area contributed by atoms with Crippen molar-refractivity contribution in [2.24, 2.45) is 0 Å². The zero-order chi connectivity index (χ0) is 18.7. The topological polar surface area (TPSA) is 62.2 Å². The second-order valence-corrected chi connectivity index (χ2v) is 7.71. The normalized spacial score (nSPS) is 10.9. The van der Waals surface area contributed by atoms with Gasteiger partial charge < -0.3 is 10.4 Å². The van der Waals surface area contributed by atoms with Gasteiger partial charge in [-0.2, -0.15) is 0 Å². The van der Waals surface area contributed by atoms with Crippen LogP contribution >= 0.6 is 11.3 Å². The summed E-state index contributed by atoms with van der Waals surface area (Å²) in [4.78, 5) is 16.7. The minimum Gasteiger partial charge on any atom is -0.481 e. The summed E-state index contributed by atoms with van der Waals surface area (Å²) in [6, 6.07) is 16.2. The molecule has 3 aromatic rings. The Morgan fingerprint density at radius 3 is 2.35 bits per heavy atom. The van der Waals surface area contributed by atoms with E-state index in [2.05, 4.69) is 36.3 Å². The number of carboxylic acids is 1. The molecule has 134 valence electrons. The molecule has 2 aromatic carbocycles. The van der Waals surface area contributed by atoms with Gasteiger partial charge in [0.1, 0.15) is 0 Å². The molecular formula is C21H22N2O2S. The average Bonchev–Trinajstić information content (AvgIpc) is 2.98. The molecule has 0 fully saturated rings. The van der Waals surface area contributed by atoms with E-state index >= 15 is 0 Å². The summed E-state index contributed by atoms with van der Waals surface area (Å²) in [7, 11) is 0. The van der Waals surface area contributed by atoms with E-state index in [-0.39, 0.29) is 6.42 Å². The van der Waals surface area contributed by atoms with Crippen molar-refractivity contribution < 1.29 is 9.90 Å². The fraction of sp³-hybridized carbons (Fsp3) is 0.238. The molecule has 0 aliphatic carbocycles. The van der Waals surface area contributed by atoms with Crippen molar-refractivity contribution in [2.45, 2.75) is 33.1 Å². The summed E-state index contributed by atoms with van der Waals surface area (Å²) < 4.78 is 0. The Hall–Kier alpha value is -2.66. The lowest BCUT2D eigenvalue weighted by atomic mass is 10.0. The van der Waals surface area contributed by atoms with Crippen LogP contribution in [0.5, 0.6) is 0 Å². The Labute approximate surface area is 157 Å². The molecule has 0 aliphatic heterocycles. The fourth-order valence-corrected chi connectivity index (χ4v) is 3.67. The predicted molar refractivity (Wildman–Crippen MR) is 107 cm³/mol. The standard InChI is InChI=1S/C21H22N2O2S/c1-13(2)15-6-8-16(9-7-15)20-18(12-19(24)25)26-21(23-20)22-17-10-4-14(3)5-11-17/h4-11,13H,12H2,1-3H3,(H,22,23)(H,24,25). The lowest BCUT2D eigenvalue weighted by Gasteiger charge is -2.06. The lowest BCUT2D eigenvalue weighted by molar-refractivity contribution is -0.136. The summed E-state index contributed by atoms with van der Waals surface area (Å²) in [5.74, 6) is -0.396. The Morgan fingerprint density at radius 2 is 1.77 bits per heavy atom. The molecule has 2 N–H and O–H groups in total. The molecule has 0 aliphatic rings. The number of hydrogen-bond acceptors (Lipinski definition) is 4. The number of thiazole rings is 1. The molecule has 0 saturated carbocycles. The van der Waals surface area contributed by atoms with E-state index in [1.807, 2.05) is 43.3 Å². The Kier molecular flexibility index (Phi) is 5.38. The number of anilines is 2. The summed E-state index contributed by atoms with van der Waals surface area (Å²) in [5.41, 5.74) is 5.06. The van der Waals surface area contributed by atoms with Gasteiger partial charge in [-0.05, 0) is 30.5 Å². The first kappa shape index (κ1) is 18.1. The van der Waals surface area contributed by atoms with E-state index in [1.54, 1.807) is 0 Å². The fourth-order valence-electron chi connectivity index (χ4n) is 2.67. The Bertz CT molecular complexity index is 897. The number of carbonyl (C=O) groups is 1. The first-order valence-corrected chi connectivity index (χ1v) is 9.39. The van der Waals surface area contributed by atoms with Crippen molar-refractivity contribution in [3.63, 3.8) is 0 Å². The number of nitrogens with one attached hydrogen (secondary N) is 1. The quantitative estimate of drug-likeness (QED) is 0.595. The van der Waals surface area contributed by atoms with E-state index in [9.17, 15) is 9.90 Å². The van der Waals surface area contributed by atoms with Gasteiger partial charge in [0.2, 0.25) is 0 Å². The number of aliphatic carboxylic acids is 1. The van der Waals surface area contributed by atoms with Crippen LogP contribution < -0.4 is 5.32 Å². The number of aromatic nitrogens is 1. The largest absolute Gasteiger partial charge is 0.481 e. The maximum Gasteiger partial charge on any atom is 0.308 e.